The molecule has 13 heteroatoms. The number of hydrogen-bond acceptors (Lipinski definition) is 10. The molecule has 4 heterocycles. The van der Waals surface area contributed by atoms with Gasteiger partial charge in [-0.05, 0) is 75.8 Å². The molecule has 1 saturated carbocycles. The second-order valence-electron chi connectivity index (χ2n) is 13.5. The van der Waals surface area contributed by atoms with Crippen LogP contribution in [0.25, 0.3) is 5.00 Å². The van der Waals surface area contributed by atoms with Crippen molar-refractivity contribution in [1.29, 1.82) is 0 Å². The predicted molar refractivity (Wildman–Crippen MR) is 196 cm³/mol. The van der Waals surface area contributed by atoms with Gasteiger partial charge in [0.1, 0.15) is 28.4 Å². The zero-order valence-corrected chi connectivity index (χ0v) is 30.8. The van der Waals surface area contributed by atoms with Crippen molar-refractivity contribution >= 4 is 57.8 Å². The summed E-state index contributed by atoms with van der Waals surface area (Å²) in [5.74, 6) is -0.0797. The van der Waals surface area contributed by atoms with Gasteiger partial charge in [0, 0.05) is 53.5 Å². The molecule has 1 aliphatic carbocycles. The van der Waals surface area contributed by atoms with Gasteiger partial charge in [-0.25, -0.2) is 0 Å². The zero-order chi connectivity index (χ0) is 36.7. The number of thiophene rings is 1. The van der Waals surface area contributed by atoms with Gasteiger partial charge >= 0.3 is 0 Å². The lowest BCUT2D eigenvalue weighted by Gasteiger charge is -2.27. The fraction of sp³-hybridized carbons (Fsp3) is 0.385. The van der Waals surface area contributed by atoms with Crippen LogP contribution in [-0.2, 0) is 25.5 Å². The van der Waals surface area contributed by atoms with Crippen LogP contribution >= 0.6 is 22.9 Å². The molecule has 2 aromatic heterocycles. The van der Waals surface area contributed by atoms with Gasteiger partial charge < -0.3 is 4.74 Å². The average Bonchev–Trinajstić information content (AvgIpc) is 3.69. The fourth-order valence-corrected chi connectivity index (χ4v) is 8.63. The summed E-state index contributed by atoms with van der Waals surface area (Å²) in [6, 6.07) is 11.3. The molecule has 2 atom stereocenters. The highest BCUT2D eigenvalue weighted by Gasteiger charge is 2.45. The number of aryl methyl sites for hydroxylation is 3. The van der Waals surface area contributed by atoms with Gasteiger partial charge in [-0.2, -0.15) is 0 Å². The first-order valence-corrected chi connectivity index (χ1v) is 18.7. The lowest BCUT2D eigenvalue weighted by molar-refractivity contribution is -0.132. The van der Waals surface area contributed by atoms with Crippen molar-refractivity contribution in [3.05, 3.63) is 97.4 Å². The minimum Gasteiger partial charge on any atom is -0.381 e. The molecule has 2 aliphatic heterocycles. The molecule has 0 bridgehead atoms. The Morgan fingerprint density at radius 3 is 2.50 bits per heavy atom. The highest BCUT2D eigenvalue weighted by Crippen LogP contribution is 2.40. The first-order valence-electron chi connectivity index (χ1n) is 17.5. The monoisotopic (exact) mass is 739 g/mol. The molecule has 3 aliphatic rings. The van der Waals surface area contributed by atoms with Crippen molar-refractivity contribution in [2.75, 3.05) is 13.2 Å². The number of ketones is 3. The van der Waals surface area contributed by atoms with Crippen molar-refractivity contribution in [3.8, 4) is 5.00 Å². The first kappa shape index (κ1) is 35.7. The molecule has 11 nitrogen and oxygen atoms in total. The van der Waals surface area contributed by atoms with E-state index in [2.05, 4.69) is 24.0 Å². The number of aromatic nitrogens is 3. The Morgan fingerprint density at radius 1 is 0.962 bits per heavy atom. The molecule has 0 N–H and O–H groups in total. The Bertz CT molecular complexity index is 2150. The average molecular weight is 740 g/mol. The number of benzene rings is 2. The van der Waals surface area contributed by atoms with E-state index in [9.17, 15) is 24.0 Å². The number of carbonyl (C=O) groups excluding carboxylic acids is 5. The van der Waals surface area contributed by atoms with Gasteiger partial charge in [0.25, 0.3) is 11.8 Å². The van der Waals surface area contributed by atoms with E-state index in [1.165, 1.54) is 4.88 Å². The van der Waals surface area contributed by atoms with Crippen LogP contribution in [0.4, 0.5) is 0 Å². The van der Waals surface area contributed by atoms with Crippen molar-refractivity contribution < 1.29 is 28.7 Å². The Balaban J connectivity index is 0.948. The van der Waals surface area contributed by atoms with Crippen LogP contribution in [0, 0.1) is 20.8 Å². The van der Waals surface area contributed by atoms with Gasteiger partial charge in [0.05, 0.1) is 29.3 Å². The summed E-state index contributed by atoms with van der Waals surface area (Å²) in [5.41, 5.74) is 5.21. The third kappa shape index (κ3) is 6.70. The molecule has 2 aromatic carbocycles. The van der Waals surface area contributed by atoms with Crippen molar-refractivity contribution in [2.24, 2.45) is 4.99 Å². The summed E-state index contributed by atoms with van der Waals surface area (Å²) in [5, 5.41) is 10.5. The molecule has 2 amide bonds. The number of hydrogen-bond donors (Lipinski definition) is 0. The highest BCUT2D eigenvalue weighted by molar-refractivity contribution is 7.15. The van der Waals surface area contributed by atoms with E-state index in [1.807, 2.05) is 41.8 Å². The van der Waals surface area contributed by atoms with Crippen LogP contribution in [-0.4, -0.2) is 73.8 Å². The maximum absolute atomic E-state index is 13.4. The van der Waals surface area contributed by atoms with Crippen LogP contribution in [0.3, 0.4) is 0 Å². The van der Waals surface area contributed by atoms with E-state index in [-0.39, 0.29) is 43.0 Å². The van der Waals surface area contributed by atoms with Crippen LogP contribution in [0.5, 0.6) is 0 Å². The summed E-state index contributed by atoms with van der Waals surface area (Å²) in [6.07, 6.45) is 2.25. The summed E-state index contributed by atoms with van der Waals surface area (Å²) >= 11 is 7.88. The number of carbonyl (C=O) groups is 5. The second-order valence-corrected chi connectivity index (χ2v) is 15.2. The highest BCUT2D eigenvalue weighted by atomic mass is 35.5. The van der Waals surface area contributed by atoms with E-state index in [0.717, 1.165) is 43.7 Å². The van der Waals surface area contributed by atoms with E-state index in [1.54, 1.807) is 23.5 Å². The van der Waals surface area contributed by atoms with Crippen LogP contribution in [0.1, 0.15) is 110 Å². The number of ether oxygens (including phenoxy) is 1. The maximum atomic E-state index is 13.4. The smallest absolute Gasteiger partial charge is 0.262 e. The number of amides is 2. The third-order valence-electron chi connectivity index (χ3n) is 10.0. The lowest BCUT2D eigenvalue weighted by Crippen LogP contribution is -2.47. The third-order valence-corrected chi connectivity index (χ3v) is 11.5. The SMILES string of the molecule is Cc1sc2c(c1C)C(c1ccc(Cl)cc1)=N[C@@H](CC(=O)CCCOCCCc1cccc3c1C(=O)N(C1CCC(=O)CC1=O)C3=O)c1nnc(C)n1-2. The molecular weight excluding hydrogens is 702 g/mol. The predicted octanol–water partition coefficient (Wildman–Crippen LogP) is 6.48. The summed E-state index contributed by atoms with van der Waals surface area (Å²) in [4.78, 5) is 71.5. The fourth-order valence-electron chi connectivity index (χ4n) is 7.29. The molecule has 0 radical (unpaired) electrons. The molecule has 268 valence electrons. The number of nitrogens with zero attached hydrogens (tertiary/aromatic N) is 5. The number of imide groups is 1. The molecular formula is C39H38ClN5O6S. The number of halogens is 1. The topological polar surface area (TPSA) is 141 Å². The Labute approximate surface area is 310 Å². The van der Waals surface area contributed by atoms with Crippen molar-refractivity contribution in [1.82, 2.24) is 19.7 Å². The Kier molecular flexibility index (Phi) is 10.1. The Hall–Kier alpha value is -4.65. The lowest BCUT2D eigenvalue weighted by atomic mass is 9.92. The largest absolute Gasteiger partial charge is 0.381 e. The minimum absolute atomic E-state index is 0.0477. The van der Waals surface area contributed by atoms with Gasteiger partial charge in [-0.3, -0.25) is 38.4 Å². The van der Waals surface area contributed by atoms with Gasteiger partial charge in [0.2, 0.25) is 0 Å². The van der Waals surface area contributed by atoms with Crippen LogP contribution in [0.2, 0.25) is 5.02 Å². The minimum atomic E-state index is -0.895. The second kappa shape index (κ2) is 14.8. The summed E-state index contributed by atoms with van der Waals surface area (Å²) < 4.78 is 7.91. The molecule has 0 saturated heterocycles. The van der Waals surface area contributed by atoms with E-state index in [4.69, 9.17) is 21.3 Å². The van der Waals surface area contributed by atoms with Crippen LogP contribution in [0.15, 0.2) is 47.5 Å². The van der Waals surface area contributed by atoms with E-state index >= 15 is 0 Å². The van der Waals surface area contributed by atoms with Gasteiger partial charge in [-0.1, -0.05) is 35.9 Å². The Morgan fingerprint density at radius 2 is 1.73 bits per heavy atom. The standard InChI is InChI=1S/C39H38ClN5O6S/c1-21-22(2)52-39-33(21)35(25-11-13-26(40)14-12-25)41-30(36-43-42-23(3)44(36)39)19-27(46)9-6-18-51-17-5-8-24-7-4-10-29-34(24)38(50)45(37(29)49)31-16-15-28(47)20-32(31)48/h4,7,10-14,30-31H,5-6,8-9,15-20H2,1-3H3/t30-,31?/m0/s1. The van der Waals surface area contributed by atoms with Gasteiger partial charge in [0.15, 0.2) is 11.6 Å². The summed E-state index contributed by atoms with van der Waals surface area (Å²) in [6.45, 7) is 6.89. The first-order chi connectivity index (χ1) is 25.0. The number of rotatable bonds is 12. The molecule has 1 fully saturated rings. The van der Waals surface area contributed by atoms with E-state index in [0.29, 0.717) is 60.9 Å². The van der Waals surface area contributed by atoms with Crippen LogP contribution < -0.4 is 0 Å². The molecule has 4 aromatic rings. The molecule has 1 unspecified atom stereocenters. The van der Waals surface area contributed by atoms with Crippen molar-refractivity contribution in [2.45, 2.75) is 84.2 Å². The van der Waals surface area contributed by atoms with E-state index < -0.39 is 23.9 Å². The normalized spacial score (nSPS) is 18.3. The molecule has 0 spiro atoms. The summed E-state index contributed by atoms with van der Waals surface area (Å²) in [7, 11) is 0. The molecule has 52 heavy (non-hydrogen) atoms. The maximum Gasteiger partial charge on any atom is 0.262 e. The number of fused-ring (bicyclic) bond motifs is 4. The van der Waals surface area contributed by atoms with Gasteiger partial charge in [-0.15, -0.1) is 21.5 Å². The van der Waals surface area contributed by atoms with Crippen molar-refractivity contribution in [3.63, 3.8) is 0 Å². The molecule has 7 rings (SSSR count). The quantitative estimate of drug-likeness (QED) is 0.0915. The number of Topliss-reactive ketones (excluding diaryl/α,β-unsaturated/α-hetero) is 3. The zero-order valence-electron chi connectivity index (χ0n) is 29.2. The number of aliphatic imine (C=N–C) groups is 1.